The molecule has 3 unspecified atom stereocenters. The van der Waals surface area contributed by atoms with Gasteiger partial charge in [0.05, 0.1) is 6.61 Å². The summed E-state index contributed by atoms with van der Waals surface area (Å²) < 4.78 is 0. The Kier molecular flexibility index (Phi) is 4.16. The van der Waals surface area contributed by atoms with Crippen LogP contribution >= 0.6 is 0 Å². The molecule has 3 N–H and O–H groups in total. The molecule has 1 heterocycles. The van der Waals surface area contributed by atoms with Crippen molar-refractivity contribution in [1.29, 1.82) is 0 Å². The van der Waals surface area contributed by atoms with Gasteiger partial charge in [0.1, 0.15) is 0 Å². The number of likely N-dealkylation sites (tertiary alicyclic amines) is 1. The Labute approximate surface area is 80.9 Å². The van der Waals surface area contributed by atoms with Crippen molar-refractivity contribution in [2.45, 2.75) is 26.3 Å². The molecule has 1 fully saturated rings. The molecule has 3 heteroatoms. The van der Waals surface area contributed by atoms with Crippen LogP contribution < -0.4 is 5.73 Å². The molecular formula is C10H22N2O. The molecule has 1 saturated heterocycles. The molecule has 0 spiro atoms. The van der Waals surface area contributed by atoms with Gasteiger partial charge in [0, 0.05) is 19.1 Å². The second kappa shape index (κ2) is 4.94. The first-order valence-electron chi connectivity index (χ1n) is 5.22. The van der Waals surface area contributed by atoms with Gasteiger partial charge in [-0.3, -0.25) is 0 Å². The third-order valence-electron chi connectivity index (χ3n) is 3.11. The number of hydrogen-bond donors (Lipinski definition) is 2. The lowest BCUT2D eigenvalue weighted by Gasteiger charge is -2.17. The number of aliphatic hydroxyl groups is 1. The van der Waals surface area contributed by atoms with Crippen LogP contribution in [-0.4, -0.2) is 42.3 Å². The maximum absolute atomic E-state index is 8.77. The quantitative estimate of drug-likeness (QED) is 0.663. The second-order valence-corrected chi connectivity index (χ2v) is 4.45. The van der Waals surface area contributed by atoms with E-state index in [9.17, 15) is 0 Å². The topological polar surface area (TPSA) is 49.5 Å². The van der Waals surface area contributed by atoms with Crippen LogP contribution in [0.4, 0.5) is 0 Å². The minimum absolute atomic E-state index is 0.0359. The molecule has 0 aliphatic carbocycles. The summed E-state index contributed by atoms with van der Waals surface area (Å²) in [6.45, 7) is 8.14. The lowest BCUT2D eigenvalue weighted by atomic mass is 10.0. The number of rotatable bonds is 4. The van der Waals surface area contributed by atoms with Crippen LogP contribution in [0.2, 0.25) is 0 Å². The summed E-state index contributed by atoms with van der Waals surface area (Å²) in [7, 11) is 0. The fourth-order valence-electron chi connectivity index (χ4n) is 1.87. The van der Waals surface area contributed by atoms with Crippen molar-refractivity contribution >= 4 is 0 Å². The largest absolute Gasteiger partial charge is 0.395 e. The summed E-state index contributed by atoms with van der Waals surface area (Å²) in [5, 5.41) is 8.77. The molecule has 0 amide bonds. The average molecular weight is 186 g/mol. The molecule has 1 aliphatic heterocycles. The Balaban J connectivity index is 2.17. The van der Waals surface area contributed by atoms with E-state index in [1.165, 1.54) is 13.1 Å². The van der Waals surface area contributed by atoms with E-state index >= 15 is 0 Å². The summed E-state index contributed by atoms with van der Waals surface area (Å²) in [5.41, 5.74) is 5.64. The lowest BCUT2D eigenvalue weighted by molar-refractivity contribution is 0.237. The third-order valence-corrected chi connectivity index (χ3v) is 3.11. The molecule has 0 bridgehead atoms. The number of nitrogens with two attached hydrogens (primary N) is 1. The van der Waals surface area contributed by atoms with Gasteiger partial charge in [-0.15, -0.1) is 0 Å². The Morgan fingerprint density at radius 3 is 2.38 bits per heavy atom. The Bertz CT molecular complexity index is 142. The molecule has 3 atom stereocenters. The van der Waals surface area contributed by atoms with E-state index < -0.39 is 0 Å². The zero-order chi connectivity index (χ0) is 9.84. The molecule has 0 aromatic carbocycles. The molecule has 0 radical (unpaired) electrons. The van der Waals surface area contributed by atoms with Crippen LogP contribution in [0.1, 0.15) is 20.3 Å². The van der Waals surface area contributed by atoms with Crippen molar-refractivity contribution < 1.29 is 5.11 Å². The van der Waals surface area contributed by atoms with Crippen LogP contribution in [0.15, 0.2) is 0 Å². The smallest absolute Gasteiger partial charge is 0.0583 e. The van der Waals surface area contributed by atoms with E-state index in [4.69, 9.17) is 10.8 Å². The van der Waals surface area contributed by atoms with Gasteiger partial charge in [-0.1, -0.05) is 13.8 Å². The maximum atomic E-state index is 8.77. The van der Waals surface area contributed by atoms with Gasteiger partial charge in [-0.2, -0.15) is 0 Å². The molecule has 0 aromatic rings. The van der Waals surface area contributed by atoms with Gasteiger partial charge >= 0.3 is 0 Å². The van der Waals surface area contributed by atoms with Crippen molar-refractivity contribution in [2.24, 2.45) is 17.6 Å². The minimum Gasteiger partial charge on any atom is -0.395 e. The van der Waals surface area contributed by atoms with Gasteiger partial charge in [0.15, 0.2) is 0 Å². The highest BCUT2D eigenvalue weighted by molar-refractivity contribution is 4.79. The highest BCUT2D eigenvalue weighted by atomic mass is 16.3. The van der Waals surface area contributed by atoms with Crippen molar-refractivity contribution in [3.8, 4) is 0 Å². The number of aliphatic hydroxyl groups excluding tert-OH is 1. The SMILES string of the molecule is CC1CN(CCC(N)CO)CC1C. The first kappa shape index (κ1) is 11.0. The average Bonchev–Trinajstić information content (AvgIpc) is 2.42. The lowest BCUT2D eigenvalue weighted by Crippen LogP contribution is -2.31. The number of nitrogens with zero attached hydrogens (tertiary/aromatic N) is 1. The minimum atomic E-state index is -0.0359. The predicted octanol–water partition coefficient (Wildman–Crippen LogP) is 0.284. The highest BCUT2D eigenvalue weighted by Gasteiger charge is 2.25. The zero-order valence-electron chi connectivity index (χ0n) is 8.74. The van der Waals surface area contributed by atoms with E-state index in [0.717, 1.165) is 24.8 Å². The van der Waals surface area contributed by atoms with Crippen molar-refractivity contribution in [3.05, 3.63) is 0 Å². The summed E-state index contributed by atoms with van der Waals surface area (Å²) in [6.07, 6.45) is 0.913. The van der Waals surface area contributed by atoms with Crippen LogP contribution in [-0.2, 0) is 0 Å². The van der Waals surface area contributed by atoms with E-state index in [1.807, 2.05) is 0 Å². The van der Waals surface area contributed by atoms with Gasteiger partial charge in [0.25, 0.3) is 0 Å². The van der Waals surface area contributed by atoms with E-state index in [0.29, 0.717) is 0 Å². The fourth-order valence-corrected chi connectivity index (χ4v) is 1.87. The molecule has 1 aliphatic rings. The van der Waals surface area contributed by atoms with E-state index in [2.05, 4.69) is 18.7 Å². The molecular weight excluding hydrogens is 164 g/mol. The maximum Gasteiger partial charge on any atom is 0.0583 e. The first-order chi connectivity index (χ1) is 6.13. The number of hydrogen-bond acceptors (Lipinski definition) is 3. The molecule has 0 saturated carbocycles. The molecule has 78 valence electrons. The van der Waals surface area contributed by atoms with Crippen molar-refractivity contribution in [1.82, 2.24) is 4.90 Å². The Hall–Kier alpha value is -0.120. The van der Waals surface area contributed by atoms with Gasteiger partial charge in [-0.25, -0.2) is 0 Å². The van der Waals surface area contributed by atoms with Crippen LogP contribution in [0.3, 0.4) is 0 Å². The van der Waals surface area contributed by atoms with Crippen LogP contribution in [0.5, 0.6) is 0 Å². The predicted molar refractivity (Wildman–Crippen MR) is 54.4 cm³/mol. The molecule has 13 heavy (non-hydrogen) atoms. The molecule has 3 nitrogen and oxygen atoms in total. The zero-order valence-corrected chi connectivity index (χ0v) is 8.74. The summed E-state index contributed by atoms with van der Waals surface area (Å²) in [4.78, 5) is 2.45. The molecule has 1 rings (SSSR count). The fraction of sp³-hybridized carbons (Fsp3) is 1.00. The normalized spacial score (nSPS) is 32.3. The van der Waals surface area contributed by atoms with E-state index in [1.54, 1.807) is 0 Å². The third kappa shape index (κ3) is 3.25. The van der Waals surface area contributed by atoms with Crippen LogP contribution in [0, 0.1) is 11.8 Å². The van der Waals surface area contributed by atoms with Crippen LogP contribution in [0.25, 0.3) is 0 Å². The van der Waals surface area contributed by atoms with Crippen molar-refractivity contribution in [3.63, 3.8) is 0 Å². The summed E-state index contributed by atoms with van der Waals surface area (Å²) in [6, 6.07) is -0.0359. The van der Waals surface area contributed by atoms with E-state index in [-0.39, 0.29) is 12.6 Å². The summed E-state index contributed by atoms with van der Waals surface area (Å²) in [5.74, 6) is 1.62. The van der Waals surface area contributed by atoms with Gasteiger partial charge < -0.3 is 15.7 Å². The molecule has 0 aromatic heterocycles. The highest BCUT2D eigenvalue weighted by Crippen LogP contribution is 2.21. The monoisotopic (exact) mass is 186 g/mol. The van der Waals surface area contributed by atoms with Gasteiger partial charge in [0.2, 0.25) is 0 Å². The Morgan fingerprint density at radius 1 is 1.38 bits per heavy atom. The second-order valence-electron chi connectivity index (χ2n) is 4.45. The Morgan fingerprint density at radius 2 is 1.92 bits per heavy atom. The first-order valence-corrected chi connectivity index (χ1v) is 5.22. The van der Waals surface area contributed by atoms with Gasteiger partial charge in [-0.05, 0) is 24.8 Å². The van der Waals surface area contributed by atoms with Crippen molar-refractivity contribution in [2.75, 3.05) is 26.2 Å². The standard InChI is InChI=1S/C10H22N2O/c1-8-5-12(6-9(8)2)4-3-10(11)7-13/h8-10,13H,3-7,11H2,1-2H3. The summed E-state index contributed by atoms with van der Waals surface area (Å²) >= 11 is 0.